The summed E-state index contributed by atoms with van der Waals surface area (Å²) >= 11 is 1.58. The number of amides is 2. The molecule has 1 aliphatic rings. The summed E-state index contributed by atoms with van der Waals surface area (Å²) in [6, 6.07) is 17.8. The van der Waals surface area contributed by atoms with Gasteiger partial charge >= 0.3 is 0 Å². The van der Waals surface area contributed by atoms with Crippen molar-refractivity contribution in [2.45, 2.75) is 64.1 Å². The van der Waals surface area contributed by atoms with Crippen molar-refractivity contribution >= 4 is 29.0 Å². The van der Waals surface area contributed by atoms with Crippen LogP contribution in [0.25, 0.3) is 0 Å². The van der Waals surface area contributed by atoms with E-state index in [0.717, 1.165) is 34.8 Å². The molecular weight excluding hydrogens is 562 g/mol. The fourth-order valence-corrected chi connectivity index (χ4v) is 6.33. The van der Waals surface area contributed by atoms with E-state index in [9.17, 15) is 14.7 Å². The van der Waals surface area contributed by atoms with E-state index in [1.54, 1.807) is 40.5 Å². The lowest BCUT2D eigenvalue weighted by Crippen LogP contribution is -2.49. The summed E-state index contributed by atoms with van der Waals surface area (Å²) in [4.78, 5) is 35.4. The van der Waals surface area contributed by atoms with E-state index in [4.69, 9.17) is 4.52 Å². The van der Waals surface area contributed by atoms with Gasteiger partial charge in [0.25, 0.3) is 11.8 Å². The predicted molar refractivity (Wildman–Crippen MR) is 168 cm³/mol. The van der Waals surface area contributed by atoms with Crippen LogP contribution in [0.15, 0.2) is 70.6 Å². The average molecular weight is 602 g/mol. The number of aryl methyl sites for hydroxylation is 1. The molecule has 1 aliphatic heterocycles. The van der Waals surface area contributed by atoms with Gasteiger partial charge in [-0.2, -0.15) is 0 Å². The van der Waals surface area contributed by atoms with Gasteiger partial charge in [0, 0.05) is 48.4 Å². The van der Waals surface area contributed by atoms with Gasteiger partial charge in [-0.05, 0) is 55.9 Å². The minimum atomic E-state index is -0.918. The van der Waals surface area contributed by atoms with Crippen molar-refractivity contribution in [3.63, 3.8) is 0 Å². The Morgan fingerprint density at radius 1 is 1.14 bits per heavy atom. The highest BCUT2D eigenvalue weighted by molar-refractivity contribution is 7.09. The molecule has 3 atom stereocenters. The molecule has 3 heterocycles. The van der Waals surface area contributed by atoms with E-state index in [2.05, 4.69) is 15.5 Å². The zero-order valence-electron chi connectivity index (χ0n) is 25.1. The molecule has 0 bridgehead atoms. The summed E-state index contributed by atoms with van der Waals surface area (Å²) in [6.45, 7) is 6.91. The Kier molecular flexibility index (Phi) is 9.57. The Balaban J connectivity index is 1.31. The van der Waals surface area contributed by atoms with Gasteiger partial charge in [0.05, 0.1) is 23.9 Å². The van der Waals surface area contributed by atoms with E-state index < -0.39 is 12.1 Å². The van der Waals surface area contributed by atoms with Crippen LogP contribution in [-0.4, -0.2) is 64.2 Å². The molecule has 4 aromatic rings. The molecule has 2 N–H and O–H groups in total. The van der Waals surface area contributed by atoms with Crippen molar-refractivity contribution in [3.05, 3.63) is 99.1 Å². The quantitative estimate of drug-likeness (QED) is 0.237. The van der Waals surface area contributed by atoms with Crippen LogP contribution in [0.4, 0.5) is 5.88 Å². The van der Waals surface area contributed by atoms with Gasteiger partial charge < -0.3 is 24.7 Å². The third kappa shape index (κ3) is 7.32. The SMILES string of the molecule is Cc1csc([C@H]2CCCN2C(=O)c2cccc(C(=O)N[C@@H](Cc3ccccc3)[C@H](O)CN(C)c3cc(C(C)C)no3)c2)n1. The molecule has 43 heavy (non-hydrogen) atoms. The van der Waals surface area contributed by atoms with Gasteiger partial charge in [0.15, 0.2) is 0 Å². The summed E-state index contributed by atoms with van der Waals surface area (Å²) in [5.41, 5.74) is 3.60. The highest BCUT2D eigenvalue weighted by atomic mass is 32.1. The Labute approximate surface area is 256 Å². The zero-order chi connectivity index (χ0) is 30.5. The highest BCUT2D eigenvalue weighted by Gasteiger charge is 2.33. The highest BCUT2D eigenvalue weighted by Crippen LogP contribution is 2.35. The normalized spacial score (nSPS) is 16.3. The first kappa shape index (κ1) is 30.4. The minimum Gasteiger partial charge on any atom is -0.389 e. The van der Waals surface area contributed by atoms with Crippen LogP contribution >= 0.6 is 11.3 Å². The zero-order valence-corrected chi connectivity index (χ0v) is 25.9. The van der Waals surface area contributed by atoms with E-state index in [1.807, 2.05) is 74.5 Å². The number of aliphatic hydroxyl groups is 1. The third-order valence-corrected chi connectivity index (χ3v) is 8.90. The standard InChI is InChI=1S/C33H39N5O4S/c1-21(2)26-18-30(42-36-26)37(4)19-29(39)27(16-23-10-6-5-7-11-23)35-31(40)24-12-8-13-25(17-24)33(41)38-15-9-14-28(38)32-34-22(3)20-43-32/h5-8,10-13,17-18,20-21,27-29,39H,9,14-16,19H2,1-4H3,(H,35,40)/t27-,28+,29+/m0/s1. The smallest absolute Gasteiger partial charge is 0.254 e. The van der Waals surface area contributed by atoms with E-state index in [0.29, 0.717) is 30.0 Å². The van der Waals surface area contributed by atoms with Gasteiger partial charge in [-0.1, -0.05) is 55.4 Å². The lowest BCUT2D eigenvalue weighted by atomic mass is 10.00. The van der Waals surface area contributed by atoms with Crippen LogP contribution in [0.5, 0.6) is 0 Å². The van der Waals surface area contributed by atoms with Crippen LogP contribution < -0.4 is 10.2 Å². The Morgan fingerprint density at radius 2 is 1.91 bits per heavy atom. The number of anilines is 1. The van der Waals surface area contributed by atoms with Crippen LogP contribution in [0, 0.1) is 6.92 Å². The number of nitrogens with one attached hydrogen (secondary N) is 1. The lowest BCUT2D eigenvalue weighted by molar-refractivity contribution is 0.0735. The minimum absolute atomic E-state index is 0.0490. The van der Waals surface area contributed by atoms with Gasteiger partial charge in [-0.25, -0.2) is 4.98 Å². The van der Waals surface area contributed by atoms with Crippen molar-refractivity contribution < 1.29 is 19.2 Å². The monoisotopic (exact) mass is 601 g/mol. The maximum Gasteiger partial charge on any atom is 0.254 e. The van der Waals surface area contributed by atoms with Gasteiger partial charge in [-0.15, -0.1) is 11.3 Å². The van der Waals surface area contributed by atoms with E-state index >= 15 is 0 Å². The molecule has 1 saturated heterocycles. The number of benzene rings is 2. The molecule has 2 aromatic carbocycles. The van der Waals surface area contributed by atoms with E-state index in [-0.39, 0.29) is 30.3 Å². The van der Waals surface area contributed by atoms with Gasteiger partial charge in [0.2, 0.25) is 5.88 Å². The molecule has 10 heteroatoms. The summed E-state index contributed by atoms with van der Waals surface area (Å²) < 4.78 is 5.49. The fraction of sp³-hybridized carbons (Fsp3) is 0.394. The number of likely N-dealkylation sites (N-methyl/N-ethyl adjacent to an activating group) is 1. The van der Waals surface area contributed by atoms with Crippen LogP contribution in [-0.2, 0) is 6.42 Å². The molecule has 2 amide bonds. The lowest BCUT2D eigenvalue weighted by Gasteiger charge is -2.28. The molecule has 5 rings (SSSR count). The number of aliphatic hydroxyl groups excluding tert-OH is 1. The molecule has 9 nitrogen and oxygen atoms in total. The van der Waals surface area contributed by atoms with Crippen LogP contribution in [0.1, 0.15) is 81.3 Å². The van der Waals surface area contributed by atoms with Gasteiger partial charge in [-0.3, -0.25) is 9.59 Å². The maximum absolute atomic E-state index is 13.6. The number of hydrogen-bond acceptors (Lipinski definition) is 8. The summed E-state index contributed by atoms with van der Waals surface area (Å²) in [6.07, 6.45) is 1.30. The van der Waals surface area contributed by atoms with Crippen molar-refractivity contribution in [2.24, 2.45) is 0 Å². The molecule has 0 aliphatic carbocycles. The van der Waals surface area contributed by atoms with Gasteiger partial charge in [0.1, 0.15) is 5.01 Å². The molecule has 2 aromatic heterocycles. The Hall–Kier alpha value is -4.02. The van der Waals surface area contributed by atoms with Crippen LogP contribution in [0.3, 0.4) is 0 Å². The number of carbonyl (C=O) groups is 2. The molecule has 1 fully saturated rings. The number of rotatable bonds is 11. The maximum atomic E-state index is 13.6. The number of hydrogen-bond donors (Lipinski definition) is 2. The number of carbonyl (C=O) groups excluding carboxylic acids is 2. The Bertz CT molecular complexity index is 1530. The predicted octanol–water partition coefficient (Wildman–Crippen LogP) is 5.38. The van der Waals surface area contributed by atoms with Crippen LogP contribution in [0.2, 0.25) is 0 Å². The summed E-state index contributed by atoms with van der Waals surface area (Å²) in [5.74, 6) is 0.302. The largest absolute Gasteiger partial charge is 0.389 e. The molecule has 0 unspecified atom stereocenters. The Morgan fingerprint density at radius 3 is 2.60 bits per heavy atom. The average Bonchev–Trinajstić information content (AvgIpc) is 3.78. The second kappa shape index (κ2) is 13.5. The first-order valence-corrected chi connectivity index (χ1v) is 15.6. The molecule has 0 radical (unpaired) electrons. The topological polar surface area (TPSA) is 112 Å². The number of likely N-dealkylation sites (tertiary alicyclic amines) is 1. The van der Waals surface area contributed by atoms with Crippen molar-refractivity contribution in [1.29, 1.82) is 0 Å². The number of nitrogens with zero attached hydrogens (tertiary/aromatic N) is 4. The second-order valence-electron chi connectivity index (χ2n) is 11.5. The first-order chi connectivity index (χ1) is 20.7. The summed E-state index contributed by atoms with van der Waals surface area (Å²) in [5, 5.41) is 21.5. The first-order valence-electron chi connectivity index (χ1n) is 14.7. The number of thiazole rings is 1. The number of aromatic nitrogens is 2. The fourth-order valence-electron chi connectivity index (χ4n) is 5.38. The summed E-state index contributed by atoms with van der Waals surface area (Å²) in [7, 11) is 1.82. The third-order valence-electron chi connectivity index (χ3n) is 7.83. The molecule has 0 spiro atoms. The van der Waals surface area contributed by atoms with Crippen molar-refractivity contribution in [3.8, 4) is 0 Å². The molecular formula is C33H39N5O4S. The van der Waals surface area contributed by atoms with Crippen molar-refractivity contribution in [2.75, 3.05) is 25.0 Å². The van der Waals surface area contributed by atoms with E-state index in [1.165, 1.54) is 0 Å². The van der Waals surface area contributed by atoms with Crippen molar-refractivity contribution in [1.82, 2.24) is 20.4 Å². The molecule has 0 saturated carbocycles. The molecule has 226 valence electrons. The second-order valence-corrected chi connectivity index (χ2v) is 12.4.